The monoisotopic (exact) mass is 398 g/mol. The number of hydrogen-bond donors (Lipinski definition) is 0. The Bertz CT molecular complexity index is 442. The molecule has 1 rings (SSSR count). The van der Waals surface area contributed by atoms with Crippen molar-refractivity contribution in [1.29, 1.82) is 0 Å². The third kappa shape index (κ3) is 16.7. The summed E-state index contributed by atoms with van der Waals surface area (Å²) >= 11 is 0. The van der Waals surface area contributed by atoms with Crippen molar-refractivity contribution in [2.75, 3.05) is 79.3 Å². The van der Waals surface area contributed by atoms with Crippen LogP contribution in [-0.2, 0) is 39.8 Å². The molecule has 0 saturated heterocycles. The third-order valence-corrected chi connectivity index (χ3v) is 3.43. The normalized spacial score (nSPS) is 10.9. The number of hydrogen-bond acceptors (Lipinski definition) is 7. The van der Waals surface area contributed by atoms with Crippen LogP contribution in [0.1, 0.15) is 5.56 Å². The molecule has 0 aliphatic heterocycles. The zero-order valence-electron chi connectivity index (χ0n) is 16.7. The lowest BCUT2D eigenvalue weighted by atomic mass is 10.2. The lowest BCUT2D eigenvalue weighted by Gasteiger charge is -2.08. The first kappa shape index (κ1) is 24.6. The largest absolute Gasteiger partial charge is 0.499 e. The summed E-state index contributed by atoms with van der Waals surface area (Å²) in [4.78, 5) is 0. The quantitative estimate of drug-likeness (QED) is 0.233. The number of benzene rings is 1. The maximum Gasteiger partial charge on any atom is 0.111 e. The number of ether oxygens (including phenoxy) is 7. The molecule has 0 unspecified atom stereocenters. The predicted octanol–water partition coefficient (Wildman–Crippen LogP) is 2.45. The third-order valence-electron chi connectivity index (χ3n) is 3.43. The first-order valence-electron chi connectivity index (χ1n) is 9.66. The van der Waals surface area contributed by atoms with E-state index in [2.05, 4.69) is 6.58 Å². The van der Waals surface area contributed by atoms with Gasteiger partial charge in [0.05, 0.1) is 85.5 Å². The molecule has 7 nitrogen and oxygen atoms in total. The summed E-state index contributed by atoms with van der Waals surface area (Å²) in [6.45, 7) is 10.6. The van der Waals surface area contributed by atoms with Crippen LogP contribution >= 0.6 is 0 Å². The van der Waals surface area contributed by atoms with Gasteiger partial charge in [-0.1, -0.05) is 36.9 Å². The summed E-state index contributed by atoms with van der Waals surface area (Å²) in [5.41, 5.74) is 1.17. The zero-order valence-corrected chi connectivity index (χ0v) is 16.7. The van der Waals surface area contributed by atoms with Gasteiger partial charge in [0.1, 0.15) is 6.61 Å². The van der Waals surface area contributed by atoms with Crippen LogP contribution in [0.15, 0.2) is 43.2 Å². The topological polar surface area (TPSA) is 64.6 Å². The van der Waals surface area contributed by atoms with Crippen molar-refractivity contribution < 1.29 is 33.2 Å². The molecule has 0 amide bonds. The average Bonchev–Trinajstić information content (AvgIpc) is 2.73. The van der Waals surface area contributed by atoms with E-state index in [9.17, 15) is 0 Å². The van der Waals surface area contributed by atoms with E-state index in [0.29, 0.717) is 85.9 Å². The second kappa shape index (κ2) is 20.3. The van der Waals surface area contributed by atoms with E-state index in [1.807, 2.05) is 30.3 Å². The second-order valence-corrected chi connectivity index (χ2v) is 5.64. The van der Waals surface area contributed by atoms with Crippen LogP contribution in [0.25, 0.3) is 0 Å². The molecule has 0 aromatic heterocycles. The van der Waals surface area contributed by atoms with Crippen molar-refractivity contribution in [3.8, 4) is 0 Å². The van der Waals surface area contributed by atoms with E-state index >= 15 is 0 Å². The van der Waals surface area contributed by atoms with Gasteiger partial charge in [0, 0.05) is 0 Å². The second-order valence-electron chi connectivity index (χ2n) is 5.64. The average molecular weight is 398 g/mol. The molecule has 160 valence electrons. The lowest BCUT2D eigenvalue weighted by molar-refractivity contribution is -0.0192. The minimum atomic E-state index is 0.514. The zero-order chi connectivity index (χ0) is 20.0. The lowest BCUT2D eigenvalue weighted by Crippen LogP contribution is -2.14. The Morgan fingerprint density at radius 3 is 1.36 bits per heavy atom. The highest BCUT2D eigenvalue weighted by molar-refractivity contribution is 5.13. The van der Waals surface area contributed by atoms with Gasteiger partial charge < -0.3 is 33.2 Å². The van der Waals surface area contributed by atoms with Crippen molar-refractivity contribution >= 4 is 0 Å². The molecular formula is C21H34O7. The van der Waals surface area contributed by atoms with Gasteiger partial charge in [-0.05, 0) is 5.56 Å². The van der Waals surface area contributed by atoms with Gasteiger partial charge in [-0.2, -0.15) is 0 Å². The fourth-order valence-electron chi connectivity index (χ4n) is 2.05. The van der Waals surface area contributed by atoms with Gasteiger partial charge >= 0.3 is 0 Å². The summed E-state index contributed by atoms with van der Waals surface area (Å²) in [6, 6.07) is 10.1. The van der Waals surface area contributed by atoms with Crippen LogP contribution in [0, 0.1) is 0 Å². The molecule has 0 aliphatic carbocycles. The maximum atomic E-state index is 5.53. The van der Waals surface area contributed by atoms with Crippen molar-refractivity contribution in [3.63, 3.8) is 0 Å². The van der Waals surface area contributed by atoms with E-state index < -0.39 is 0 Å². The minimum absolute atomic E-state index is 0.514. The molecule has 28 heavy (non-hydrogen) atoms. The van der Waals surface area contributed by atoms with Gasteiger partial charge in [-0.25, -0.2) is 0 Å². The molecule has 0 aliphatic rings. The van der Waals surface area contributed by atoms with Gasteiger partial charge in [0.2, 0.25) is 0 Å². The molecule has 0 saturated carbocycles. The Kier molecular flexibility index (Phi) is 17.8. The molecule has 7 heteroatoms. The Morgan fingerprint density at radius 2 is 0.929 bits per heavy atom. The molecule has 1 aromatic rings. The van der Waals surface area contributed by atoms with Gasteiger partial charge in [-0.3, -0.25) is 0 Å². The van der Waals surface area contributed by atoms with Gasteiger partial charge in [-0.15, -0.1) is 0 Å². The Hall–Kier alpha value is -1.48. The van der Waals surface area contributed by atoms with Crippen LogP contribution in [-0.4, -0.2) is 79.3 Å². The highest BCUT2D eigenvalue weighted by Crippen LogP contribution is 1.99. The van der Waals surface area contributed by atoms with Crippen molar-refractivity contribution in [2.24, 2.45) is 0 Å². The van der Waals surface area contributed by atoms with E-state index in [4.69, 9.17) is 33.2 Å². The Balaban J connectivity index is 1.67. The molecule has 0 radical (unpaired) electrons. The van der Waals surface area contributed by atoms with Gasteiger partial charge in [0.25, 0.3) is 0 Å². The van der Waals surface area contributed by atoms with Crippen LogP contribution in [0.4, 0.5) is 0 Å². The van der Waals surface area contributed by atoms with E-state index in [0.717, 1.165) is 0 Å². The molecular weight excluding hydrogens is 364 g/mol. The summed E-state index contributed by atoms with van der Waals surface area (Å²) in [5.74, 6) is 0. The summed E-state index contributed by atoms with van der Waals surface area (Å²) in [6.07, 6.45) is 1.40. The Labute approximate surface area is 168 Å². The molecule has 0 fully saturated rings. The first-order valence-corrected chi connectivity index (χ1v) is 9.66. The summed E-state index contributed by atoms with van der Waals surface area (Å²) in [7, 11) is 0. The highest BCUT2D eigenvalue weighted by atomic mass is 16.6. The molecule has 0 N–H and O–H groups in total. The number of rotatable bonds is 21. The standard InChI is InChI=1S/C21H34O7/c1-2-22-8-9-23-10-11-24-12-13-25-14-15-26-16-17-27-18-19-28-20-21-6-4-3-5-7-21/h2-7H,1,8-20H2. The predicted molar refractivity (Wildman–Crippen MR) is 106 cm³/mol. The fraction of sp³-hybridized carbons (Fsp3) is 0.619. The SMILES string of the molecule is C=COCCOCCOCCOCCOCCOCCOCc1ccccc1. The first-order chi connectivity index (χ1) is 13.9. The fourth-order valence-corrected chi connectivity index (χ4v) is 2.05. The summed E-state index contributed by atoms with van der Waals surface area (Å²) in [5, 5.41) is 0. The minimum Gasteiger partial charge on any atom is -0.499 e. The van der Waals surface area contributed by atoms with Crippen molar-refractivity contribution in [3.05, 3.63) is 48.7 Å². The maximum absolute atomic E-state index is 5.53. The van der Waals surface area contributed by atoms with Crippen molar-refractivity contribution in [2.45, 2.75) is 6.61 Å². The van der Waals surface area contributed by atoms with Crippen molar-refractivity contribution in [1.82, 2.24) is 0 Å². The molecule has 0 heterocycles. The van der Waals surface area contributed by atoms with E-state index in [-0.39, 0.29) is 0 Å². The molecule has 0 atom stereocenters. The molecule has 0 spiro atoms. The van der Waals surface area contributed by atoms with Crippen LogP contribution in [0.2, 0.25) is 0 Å². The molecule has 0 bridgehead atoms. The van der Waals surface area contributed by atoms with E-state index in [1.165, 1.54) is 11.8 Å². The van der Waals surface area contributed by atoms with Crippen LogP contribution in [0.3, 0.4) is 0 Å². The van der Waals surface area contributed by atoms with Crippen LogP contribution < -0.4 is 0 Å². The Morgan fingerprint density at radius 1 is 0.536 bits per heavy atom. The van der Waals surface area contributed by atoms with E-state index in [1.54, 1.807) is 0 Å². The smallest absolute Gasteiger partial charge is 0.111 e. The highest BCUT2D eigenvalue weighted by Gasteiger charge is 1.95. The van der Waals surface area contributed by atoms with Crippen LogP contribution in [0.5, 0.6) is 0 Å². The summed E-state index contributed by atoms with van der Waals surface area (Å²) < 4.78 is 37.4. The van der Waals surface area contributed by atoms with Gasteiger partial charge in [0.15, 0.2) is 0 Å². The molecule has 1 aromatic carbocycles.